The van der Waals surface area contributed by atoms with E-state index in [1.165, 1.54) is 5.56 Å². The normalized spacial score (nSPS) is 23.6. The Morgan fingerprint density at radius 1 is 1.37 bits per heavy atom. The molecule has 1 fully saturated rings. The van der Waals surface area contributed by atoms with E-state index < -0.39 is 0 Å². The van der Waals surface area contributed by atoms with Gasteiger partial charge < -0.3 is 10.6 Å². The average molecular weight is 260 g/mol. The van der Waals surface area contributed by atoms with E-state index in [4.69, 9.17) is 5.73 Å². The predicted molar refractivity (Wildman–Crippen MR) is 79.3 cm³/mol. The molecule has 2 rings (SSSR count). The van der Waals surface area contributed by atoms with Gasteiger partial charge in [-0.05, 0) is 42.9 Å². The second kappa shape index (κ2) is 5.74. The SMILES string of the molecule is CCC(C)c1ccc(N(C)C(=O)C2CC(N)C2)cc1. The van der Waals surface area contributed by atoms with Crippen molar-refractivity contribution in [2.45, 2.75) is 45.1 Å². The molecule has 0 saturated heterocycles. The molecule has 3 nitrogen and oxygen atoms in total. The zero-order chi connectivity index (χ0) is 14.0. The van der Waals surface area contributed by atoms with E-state index in [9.17, 15) is 4.79 Å². The molecule has 1 amide bonds. The van der Waals surface area contributed by atoms with Gasteiger partial charge in [0.1, 0.15) is 0 Å². The Hall–Kier alpha value is -1.35. The standard InChI is InChI=1S/C16H24N2O/c1-4-11(2)12-5-7-15(8-6-12)18(3)16(19)13-9-14(17)10-13/h5-8,11,13-14H,4,9-10,17H2,1-3H3. The third-order valence-corrected chi connectivity index (χ3v) is 4.32. The van der Waals surface area contributed by atoms with E-state index in [0.717, 1.165) is 24.9 Å². The van der Waals surface area contributed by atoms with E-state index in [1.54, 1.807) is 4.90 Å². The zero-order valence-corrected chi connectivity index (χ0v) is 12.1. The summed E-state index contributed by atoms with van der Waals surface area (Å²) in [4.78, 5) is 14.0. The minimum atomic E-state index is 0.120. The lowest BCUT2D eigenvalue weighted by atomic mass is 9.80. The molecule has 104 valence electrons. The van der Waals surface area contributed by atoms with Gasteiger partial charge in [0.05, 0.1) is 0 Å². The summed E-state index contributed by atoms with van der Waals surface area (Å²) in [6, 6.07) is 8.55. The molecule has 0 spiro atoms. The van der Waals surface area contributed by atoms with Crippen LogP contribution in [0.4, 0.5) is 5.69 Å². The van der Waals surface area contributed by atoms with Gasteiger partial charge in [0.2, 0.25) is 5.91 Å². The summed E-state index contributed by atoms with van der Waals surface area (Å²) >= 11 is 0. The molecule has 0 heterocycles. The highest BCUT2D eigenvalue weighted by Gasteiger charge is 2.34. The van der Waals surface area contributed by atoms with Crippen molar-refractivity contribution in [1.29, 1.82) is 0 Å². The Morgan fingerprint density at radius 3 is 2.42 bits per heavy atom. The molecule has 1 aromatic rings. The first kappa shape index (κ1) is 14.1. The Kier molecular flexibility index (Phi) is 4.25. The van der Waals surface area contributed by atoms with Crippen molar-refractivity contribution >= 4 is 11.6 Å². The zero-order valence-electron chi connectivity index (χ0n) is 12.1. The summed E-state index contributed by atoms with van der Waals surface area (Å²) in [5.41, 5.74) is 8.04. The quantitative estimate of drug-likeness (QED) is 0.904. The van der Waals surface area contributed by atoms with E-state index in [-0.39, 0.29) is 17.9 Å². The number of hydrogen-bond acceptors (Lipinski definition) is 2. The minimum Gasteiger partial charge on any atom is -0.328 e. The summed E-state index contributed by atoms with van der Waals surface area (Å²) in [5.74, 6) is 0.881. The maximum absolute atomic E-state index is 12.2. The lowest BCUT2D eigenvalue weighted by Crippen LogP contribution is -2.45. The van der Waals surface area contributed by atoms with Gasteiger partial charge in [-0.2, -0.15) is 0 Å². The Morgan fingerprint density at radius 2 is 1.95 bits per heavy atom. The smallest absolute Gasteiger partial charge is 0.229 e. The van der Waals surface area contributed by atoms with Gasteiger partial charge in [0.25, 0.3) is 0 Å². The van der Waals surface area contributed by atoms with Crippen molar-refractivity contribution < 1.29 is 4.79 Å². The molecule has 0 aliphatic heterocycles. The maximum atomic E-state index is 12.2. The summed E-state index contributed by atoms with van der Waals surface area (Å²) in [5, 5.41) is 0. The molecule has 2 N–H and O–H groups in total. The summed E-state index contributed by atoms with van der Waals surface area (Å²) < 4.78 is 0. The summed E-state index contributed by atoms with van der Waals surface area (Å²) in [6.07, 6.45) is 2.79. The largest absolute Gasteiger partial charge is 0.328 e. The first-order valence-electron chi connectivity index (χ1n) is 7.16. The Bertz CT molecular complexity index is 435. The highest BCUT2D eigenvalue weighted by molar-refractivity contribution is 5.95. The summed E-state index contributed by atoms with van der Waals surface area (Å²) in [7, 11) is 1.85. The highest BCUT2D eigenvalue weighted by Crippen LogP contribution is 2.29. The predicted octanol–water partition coefficient (Wildman–Crippen LogP) is 2.90. The van der Waals surface area contributed by atoms with Crippen LogP contribution in [0.2, 0.25) is 0 Å². The highest BCUT2D eigenvalue weighted by atomic mass is 16.2. The lowest BCUT2D eigenvalue weighted by Gasteiger charge is -2.34. The van der Waals surface area contributed by atoms with Crippen LogP contribution in [-0.4, -0.2) is 19.0 Å². The second-order valence-corrected chi connectivity index (χ2v) is 5.73. The van der Waals surface area contributed by atoms with Gasteiger partial charge in [0, 0.05) is 24.7 Å². The molecule has 1 unspecified atom stereocenters. The topological polar surface area (TPSA) is 46.3 Å². The number of rotatable bonds is 4. The number of carbonyl (C=O) groups excluding carboxylic acids is 1. The fourth-order valence-electron chi connectivity index (χ4n) is 2.53. The lowest BCUT2D eigenvalue weighted by molar-refractivity contribution is -0.124. The third-order valence-electron chi connectivity index (χ3n) is 4.32. The van der Waals surface area contributed by atoms with Gasteiger partial charge in [-0.3, -0.25) is 4.79 Å². The second-order valence-electron chi connectivity index (χ2n) is 5.73. The molecular formula is C16H24N2O. The van der Waals surface area contributed by atoms with Gasteiger partial charge in [-0.15, -0.1) is 0 Å². The average Bonchev–Trinajstić information content (AvgIpc) is 2.41. The van der Waals surface area contributed by atoms with Crippen LogP contribution in [-0.2, 0) is 4.79 Å². The van der Waals surface area contributed by atoms with Crippen LogP contribution in [0.3, 0.4) is 0 Å². The minimum absolute atomic E-state index is 0.120. The van der Waals surface area contributed by atoms with E-state index >= 15 is 0 Å². The monoisotopic (exact) mass is 260 g/mol. The van der Waals surface area contributed by atoms with Gasteiger partial charge in [0.15, 0.2) is 0 Å². The van der Waals surface area contributed by atoms with Crippen LogP contribution in [0.5, 0.6) is 0 Å². The van der Waals surface area contributed by atoms with Crippen molar-refractivity contribution in [3.63, 3.8) is 0 Å². The number of anilines is 1. The first-order valence-corrected chi connectivity index (χ1v) is 7.16. The fourth-order valence-corrected chi connectivity index (χ4v) is 2.53. The van der Waals surface area contributed by atoms with Gasteiger partial charge >= 0.3 is 0 Å². The van der Waals surface area contributed by atoms with Gasteiger partial charge in [-0.25, -0.2) is 0 Å². The molecule has 1 aromatic carbocycles. The molecule has 1 aliphatic rings. The van der Waals surface area contributed by atoms with Crippen molar-refractivity contribution in [2.75, 3.05) is 11.9 Å². The molecular weight excluding hydrogens is 236 g/mol. The number of nitrogens with zero attached hydrogens (tertiary/aromatic N) is 1. The maximum Gasteiger partial charge on any atom is 0.229 e. The molecule has 1 aliphatic carbocycles. The number of hydrogen-bond donors (Lipinski definition) is 1. The van der Waals surface area contributed by atoms with Crippen molar-refractivity contribution in [3.8, 4) is 0 Å². The molecule has 1 atom stereocenters. The van der Waals surface area contributed by atoms with Crippen molar-refractivity contribution in [1.82, 2.24) is 0 Å². The molecule has 0 aromatic heterocycles. The van der Waals surface area contributed by atoms with Crippen LogP contribution in [0.1, 0.15) is 44.6 Å². The van der Waals surface area contributed by atoms with Crippen LogP contribution in [0.25, 0.3) is 0 Å². The molecule has 0 radical (unpaired) electrons. The number of nitrogens with two attached hydrogens (primary N) is 1. The van der Waals surface area contributed by atoms with E-state index in [2.05, 4.69) is 26.0 Å². The van der Waals surface area contributed by atoms with E-state index in [1.807, 2.05) is 19.2 Å². The Labute approximate surface area is 115 Å². The van der Waals surface area contributed by atoms with Gasteiger partial charge in [-0.1, -0.05) is 26.0 Å². The third kappa shape index (κ3) is 2.98. The van der Waals surface area contributed by atoms with Crippen LogP contribution in [0.15, 0.2) is 24.3 Å². The molecule has 0 bridgehead atoms. The number of carbonyl (C=O) groups is 1. The van der Waals surface area contributed by atoms with Crippen molar-refractivity contribution in [3.05, 3.63) is 29.8 Å². The van der Waals surface area contributed by atoms with Crippen LogP contribution < -0.4 is 10.6 Å². The van der Waals surface area contributed by atoms with E-state index in [0.29, 0.717) is 5.92 Å². The van der Waals surface area contributed by atoms with Crippen molar-refractivity contribution in [2.24, 2.45) is 11.7 Å². The number of amides is 1. The number of benzene rings is 1. The molecule has 1 saturated carbocycles. The molecule has 19 heavy (non-hydrogen) atoms. The van der Waals surface area contributed by atoms with Crippen LogP contribution in [0, 0.1) is 5.92 Å². The first-order chi connectivity index (χ1) is 9.02. The fraction of sp³-hybridized carbons (Fsp3) is 0.562. The summed E-state index contributed by atoms with van der Waals surface area (Å²) in [6.45, 7) is 4.41. The van der Waals surface area contributed by atoms with Crippen LogP contribution >= 0.6 is 0 Å². The molecule has 3 heteroatoms. The Balaban J connectivity index is 2.03.